The molecule has 0 radical (unpaired) electrons. The van der Waals surface area contributed by atoms with Crippen molar-refractivity contribution in [1.29, 1.82) is 0 Å². The van der Waals surface area contributed by atoms with Crippen LogP contribution in [0.2, 0.25) is 0 Å². The van der Waals surface area contributed by atoms with Crippen LogP contribution in [0.1, 0.15) is 45.4 Å². The molecule has 0 aromatic rings. The summed E-state index contributed by atoms with van der Waals surface area (Å²) in [5.41, 5.74) is 0. The molecule has 0 aliphatic heterocycles. The molecule has 0 aromatic carbocycles. The molecule has 0 heterocycles. The van der Waals surface area contributed by atoms with Crippen molar-refractivity contribution in [2.45, 2.75) is 45.4 Å². The molecule has 3 heteroatoms. The maximum absolute atomic E-state index is 11.4. The molecule has 94 valence electrons. The Balaban J connectivity index is 2.10. The lowest BCUT2D eigenvalue weighted by Gasteiger charge is -2.27. The lowest BCUT2D eigenvalue weighted by Crippen LogP contribution is -2.24. The third-order valence-corrected chi connectivity index (χ3v) is 3.69. The van der Waals surface area contributed by atoms with Gasteiger partial charge in [0.2, 0.25) is 0 Å². The molecule has 0 bridgehead atoms. The molecule has 2 nitrogen and oxygen atoms in total. The lowest BCUT2D eigenvalue weighted by molar-refractivity contribution is -0.121. The molecule has 1 saturated carbocycles. The van der Waals surface area contributed by atoms with Gasteiger partial charge in [-0.1, -0.05) is 13.3 Å². The summed E-state index contributed by atoms with van der Waals surface area (Å²) >= 11 is 5.57. The summed E-state index contributed by atoms with van der Waals surface area (Å²) in [6, 6.07) is 0. The number of Topliss-reactive ketones (excluding diaryl/α,β-unsaturated/α-hetero) is 1. The van der Waals surface area contributed by atoms with Crippen molar-refractivity contribution in [3.05, 3.63) is 0 Å². The highest BCUT2D eigenvalue weighted by Gasteiger charge is 2.25. The molecular weight excluding hydrogens is 224 g/mol. The van der Waals surface area contributed by atoms with Gasteiger partial charge >= 0.3 is 0 Å². The van der Waals surface area contributed by atoms with Crippen LogP contribution in [0.4, 0.5) is 0 Å². The Morgan fingerprint density at radius 3 is 2.56 bits per heavy atom. The first-order chi connectivity index (χ1) is 7.77. The monoisotopic (exact) mass is 246 g/mol. The summed E-state index contributed by atoms with van der Waals surface area (Å²) in [5.74, 6) is 1.30. The average Bonchev–Trinajstić information content (AvgIpc) is 2.34. The molecule has 0 N–H and O–H groups in total. The largest absolute Gasteiger partial charge is 0.381 e. The van der Waals surface area contributed by atoms with Gasteiger partial charge in [-0.15, -0.1) is 11.6 Å². The zero-order chi connectivity index (χ0) is 11.8. The van der Waals surface area contributed by atoms with Gasteiger partial charge in [0.05, 0.1) is 5.88 Å². The van der Waals surface area contributed by atoms with Crippen LogP contribution < -0.4 is 0 Å². The van der Waals surface area contributed by atoms with Crippen LogP contribution in [0.15, 0.2) is 0 Å². The molecule has 1 fully saturated rings. The summed E-state index contributed by atoms with van der Waals surface area (Å²) in [7, 11) is 0. The number of halogens is 1. The normalized spacial score (nSPS) is 25.6. The topological polar surface area (TPSA) is 26.3 Å². The molecule has 16 heavy (non-hydrogen) atoms. The highest BCUT2D eigenvalue weighted by Crippen LogP contribution is 2.29. The minimum atomic E-state index is 0.183. The van der Waals surface area contributed by atoms with Gasteiger partial charge in [-0.05, 0) is 38.0 Å². The first-order valence-corrected chi connectivity index (χ1v) is 6.97. The number of ketones is 1. The van der Waals surface area contributed by atoms with Gasteiger partial charge in [0.25, 0.3) is 0 Å². The highest BCUT2D eigenvalue weighted by molar-refractivity contribution is 6.27. The number of carbonyl (C=O) groups excluding carboxylic acids is 1. The Bertz CT molecular complexity index is 198. The van der Waals surface area contributed by atoms with Crippen LogP contribution in [0.5, 0.6) is 0 Å². The maximum Gasteiger partial charge on any atom is 0.150 e. The van der Waals surface area contributed by atoms with Gasteiger partial charge in [0, 0.05) is 19.1 Å². The summed E-state index contributed by atoms with van der Waals surface area (Å²) < 4.78 is 5.62. The van der Waals surface area contributed by atoms with E-state index in [-0.39, 0.29) is 17.6 Å². The molecule has 0 atom stereocenters. The summed E-state index contributed by atoms with van der Waals surface area (Å²) in [4.78, 5) is 11.4. The lowest BCUT2D eigenvalue weighted by atomic mass is 9.81. The second kappa shape index (κ2) is 8.08. The molecule has 0 spiro atoms. The Kier molecular flexibility index (Phi) is 7.06. The van der Waals surface area contributed by atoms with E-state index in [0.717, 1.165) is 45.3 Å². The minimum Gasteiger partial charge on any atom is -0.381 e. The van der Waals surface area contributed by atoms with E-state index in [0.29, 0.717) is 5.92 Å². The Hall–Kier alpha value is -0.0800. The van der Waals surface area contributed by atoms with E-state index >= 15 is 0 Å². The van der Waals surface area contributed by atoms with E-state index in [1.165, 1.54) is 6.42 Å². The van der Waals surface area contributed by atoms with E-state index in [1.54, 1.807) is 0 Å². The molecule has 1 aliphatic rings. The first kappa shape index (κ1) is 14.0. The van der Waals surface area contributed by atoms with Crippen LogP contribution in [0.25, 0.3) is 0 Å². The third-order valence-electron chi connectivity index (χ3n) is 3.43. The Labute approximate surface area is 104 Å². The predicted octanol–water partition coefficient (Wildman–Crippen LogP) is 3.42. The molecule has 0 amide bonds. The maximum atomic E-state index is 11.4. The van der Waals surface area contributed by atoms with Gasteiger partial charge in [-0.3, -0.25) is 4.79 Å². The second-order valence-corrected chi connectivity index (χ2v) is 5.01. The number of hydrogen-bond donors (Lipinski definition) is 0. The van der Waals surface area contributed by atoms with Crippen LogP contribution in [0, 0.1) is 11.8 Å². The van der Waals surface area contributed by atoms with Gasteiger partial charge < -0.3 is 4.74 Å². The third kappa shape index (κ3) is 4.84. The van der Waals surface area contributed by atoms with Crippen LogP contribution in [-0.4, -0.2) is 24.9 Å². The predicted molar refractivity (Wildman–Crippen MR) is 66.9 cm³/mol. The molecule has 0 aromatic heterocycles. The number of hydrogen-bond acceptors (Lipinski definition) is 2. The molecule has 1 rings (SSSR count). The summed E-state index contributed by atoms with van der Waals surface area (Å²) in [6.45, 7) is 3.94. The summed E-state index contributed by atoms with van der Waals surface area (Å²) in [6.07, 6.45) is 6.61. The van der Waals surface area contributed by atoms with E-state index < -0.39 is 0 Å². The quantitative estimate of drug-likeness (QED) is 0.508. The van der Waals surface area contributed by atoms with Crippen molar-refractivity contribution in [3.63, 3.8) is 0 Å². The minimum absolute atomic E-state index is 0.183. The number of alkyl halides is 1. The average molecular weight is 247 g/mol. The fourth-order valence-electron chi connectivity index (χ4n) is 2.26. The summed E-state index contributed by atoms with van der Waals surface area (Å²) in [5, 5.41) is 0. The van der Waals surface area contributed by atoms with E-state index in [4.69, 9.17) is 16.3 Å². The van der Waals surface area contributed by atoms with Crippen molar-refractivity contribution in [3.8, 4) is 0 Å². The van der Waals surface area contributed by atoms with Crippen molar-refractivity contribution >= 4 is 17.4 Å². The molecule has 1 aliphatic carbocycles. The van der Waals surface area contributed by atoms with E-state index in [2.05, 4.69) is 6.92 Å². The standard InChI is InChI=1S/C13H23ClO2/c1-2-3-8-16-10-11-4-6-12(7-5-11)13(15)9-14/h11-12H,2-10H2,1H3. The fraction of sp³-hybridized carbons (Fsp3) is 0.923. The van der Waals surface area contributed by atoms with Crippen LogP contribution in [0.3, 0.4) is 0 Å². The molecular formula is C13H23ClO2. The van der Waals surface area contributed by atoms with Gasteiger partial charge in [-0.25, -0.2) is 0 Å². The van der Waals surface area contributed by atoms with Crippen molar-refractivity contribution in [1.82, 2.24) is 0 Å². The number of carbonyl (C=O) groups is 1. The van der Waals surface area contributed by atoms with Crippen molar-refractivity contribution < 1.29 is 9.53 Å². The number of unbranched alkanes of at least 4 members (excludes halogenated alkanes) is 1. The van der Waals surface area contributed by atoms with Gasteiger partial charge in [-0.2, -0.15) is 0 Å². The Morgan fingerprint density at radius 1 is 1.31 bits per heavy atom. The highest BCUT2D eigenvalue weighted by atomic mass is 35.5. The van der Waals surface area contributed by atoms with Gasteiger partial charge in [0.1, 0.15) is 0 Å². The smallest absolute Gasteiger partial charge is 0.150 e. The zero-order valence-electron chi connectivity index (χ0n) is 10.2. The van der Waals surface area contributed by atoms with E-state index in [9.17, 15) is 4.79 Å². The fourth-order valence-corrected chi connectivity index (χ4v) is 2.47. The Morgan fingerprint density at radius 2 is 2.00 bits per heavy atom. The van der Waals surface area contributed by atoms with Crippen molar-refractivity contribution in [2.24, 2.45) is 11.8 Å². The van der Waals surface area contributed by atoms with Crippen LogP contribution >= 0.6 is 11.6 Å². The van der Waals surface area contributed by atoms with E-state index in [1.807, 2.05) is 0 Å². The second-order valence-electron chi connectivity index (χ2n) is 4.75. The van der Waals surface area contributed by atoms with Gasteiger partial charge in [0.15, 0.2) is 5.78 Å². The number of ether oxygens (including phenoxy) is 1. The zero-order valence-corrected chi connectivity index (χ0v) is 11.0. The first-order valence-electron chi connectivity index (χ1n) is 6.44. The number of rotatable bonds is 7. The SMILES string of the molecule is CCCCOCC1CCC(C(=O)CCl)CC1. The molecule has 0 unspecified atom stereocenters. The molecule has 0 saturated heterocycles. The van der Waals surface area contributed by atoms with Crippen LogP contribution in [-0.2, 0) is 9.53 Å². The van der Waals surface area contributed by atoms with Crippen molar-refractivity contribution in [2.75, 3.05) is 19.1 Å².